The first kappa shape index (κ1) is 29.7. The van der Waals surface area contributed by atoms with Crippen molar-refractivity contribution < 1.29 is 17.9 Å². The predicted octanol–water partition coefficient (Wildman–Crippen LogP) is 6.66. The van der Waals surface area contributed by atoms with Crippen molar-refractivity contribution in [3.63, 3.8) is 0 Å². The lowest BCUT2D eigenvalue weighted by Crippen LogP contribution is -2.07. The van der Waals surface area contributed by atoms with Crippen LogP contribution in [0.25, 0.3) is 21.7 Å². The normalized spacial score (nSPS) is 11.5. The number of hydrogen-bond donors (Lipinski definition) is 1. The highest BCUT2D eigenvalue weighted by atomic mass is 35.5. The Kier molecular flexibility index (Phi) is 9.58. The summed E-state index contributed by atoms with van der Waals surface area (Å²) >= 11 is 6.25. The lowest BCUT2D eigenvalue weighted by Gasteiger charge is -2.12. The van der Waals surface area contributed by atoms with Gasteiger partial charge in [0, 0.05) is 21.9 Å². The number of hydrogen-bond acceptors (Lipinski definition) is 6. The quantitative estimate of drug-likeness (QED) is 0.170. The minimum absolute atomic E-state index is 0. The molecule has 0 unspecified atom stereocenters. The number of benzene rings is 4. The van der Waals surface area contributed by atoms with Gasteiger partial charge in [0.1, 0.15) is 17.0 Å². The third kappa shape index (κ3) is 6.05. The Morgan fingerprint density at radius 1 is 0.925 bits per heavy atom. The van der Waals surface area contributed by atoms with Crippen LogP contribution in [0.4, 0.5) is 0 Å². The molecule has 10 heteroatoms. The van der Waals surface area contributed by atoms with Gasteiger partial charge >= 0.3 is 0 Å². The molecule has 0 spiro atoms. The average Bonchev–Trinajstić information content (AvgIpc) is 3.31. The molecule has 0 aliphatic carbocycles. The summed E-state index contributed by atoms with van der Waals surface area (Å²) in [6.07, 6.45) is 2.67. The number of rotatable bonds is 11. The molecule has 5 rings (SSSR count). The SMILES string of the molecule is COc1cc(OCCCCCN)c2c(c1)c(S(=O)(=O)c1cccc3ccccc13)nn2Cc1cccc(Cl)c1.Cl. The maximum absolute atomic E-state index is 14.2. The standard InChI is InChI=1S/C30H30ClN3O4S.ClH/c1-37-24-18-26-29(27(19-24)38-16-6-2-5-15-32)34(20-21-9-7-12-23(31)17-21)33-30(26)39(35,36)28-14-8-11-22-10-3-4-13-25(22)28;/h3-4,7-14,17-19H,2,5-6,15-16,20,32H2,1H3;1H. The average molecular weight is 601 g/mol. The van der Waals surface area contributed by atoms with E-state index in [9.17, 15) is 8.42 Å². The Balaban J connectivity index is 0.00000370. The highest BCUT2D eigenvalue weighted by Gasteiger charge is 2.29. The molecule has 210 valence electrons. The second-order valence-corrected chi connectivity index (χ2v) is 11.6. The summed E-state index contributed by atoms with van der Waals surface area (Å²) < 4.78 is 41.9. The fraction of sp³-hybridized carbons (Fsp3) is 0.233. The van der Waals surface area contributed by atoms with Crippen molar-refractivity contribution in [2.75, 3.05) is 20.3 Å². The van der Waals surface area contributed by atoms with E-state index >= 15 is 0 Å². The van der Waals surface area contributed by atoms with Gasteiger partial charge in [-0.1, -0.05) is 60.1 Å². The van der Waals surface area contributed by atoms with Crippen molar-refractivity contribution in [2.24, 2.45) is 5.73 Å². The van der Waals surface area contributed by atoms with Crippen molar-refractivity contribution in [1.82, 2.24) is 9.78 Å². The third-order valence-corrected chi connectivity index (χ3v) is 8.59. The highest BCUT2D eigenvalue weighted by Crippen LogP contribution is 2.38. The summed E-state index contributed by atoms with van der Waals surface area (Å²) in [7, 11) is -2.49. The molecule has 0 radical (unpaired) electrons. The molecule has 0 atom stereocenters. The largest absolute Gasteiger partial charge is 0.497 e. The van der Waals surface area contributed by atoms with Crippen LogP contribution in [-0.4, -0.2) is 38.5 Å². The first-order valence-electron chi connectivity index (χ1n) is 12.8. The number of ether oxygens (including phenoxy) is 2. The summed E-state index contributed by atoms with van der Waals surface area (Å²) in [6, 6.07) is 23.6. The molecule has 2 N–H and O–H groups in total. The fourth-order valence-electron chi connectivity index (χ4n) is 4.71. The molecular weight excluding hydrogens is 569 g/mol. The Morgan fingerprint density at radius 2 is 1.70 bits per heavy atom. The van der Waals surface area contributed by atoms with E-state index in [4.69, 9.17) is 31.9 Å². The van der Waals surface area contributed by atoms with Crippen molar-refractivity contribution in [3.8, 4) is 11.5 Å². The summed E-state index contributed by atoms with van der Waals surface area (Å²) in [5, 5.41) is 7.13. The minimum atomic E-state index is -4.03. The van der Waals surface area contributed by atoms with E-state index in [2.05, 4.69) is 0 Å². The van der Waals surface area contributed by atoms with Crippen molar-refractivity contribution in [2.45, 2.75) is 35.7 Å². The van der Waals surface area contributed by atoms with Gasteiger partial charge < -0.3 is 15.2 Å². The van der Waals surface area contributed by atoms with E-state index < -0.39 is 9.84 Å². The number of unbranched alkanes of at least 4 members (excludes halogenated alkanes) is 2. The second-order valence-electron chi connectivity index (χ2n) is 9.29. The summed E-state index contributed by atoms with van der Waals surface area (Å²) in [6.45, 7) is 1.39. The lowest BCUT2D eigenvalue weighted by atomic mass is 10.1. The molecular formula is C30H31Cl2N3O4S. The summed E-state index contributed by atoms with van der Waals surface area (Å²) in [5.74, 6) is 0.988. The zero-order chi connectivity index (χ0) is 27.4. The van der Waals surface area contributed by atoms with Crippen LogP contribution < -0.4 is 15.2 Å². The van der Waals surface area contributed by atoms with Gasteiger partial charge in [-0.05, 0) is 61.0 Å². The predicted molar refractivity (Wildman–Crippen MR) is 162 cm³/mol. The van der Waals surface area contributed by atoms with Crippen LogP contribution in [-0.2, 0) is 16.4 Å². The topological polar surface area (TPSA) is 96.4 Å². The zero-order valence-electron chi connectivity index (χ0n) is 22.0. The molecule has 5 aromatic rings. The van der Waals surface area contributed by atoms with Gasteiger partial charge in [-0.3, -0.25) is 4.68 Å². The van der Waals surface area contributed by atoms with Crippen LogP contribution in [0, 0.1) is 0 Å². The Bertz CT molecular complexity index is 1730. The van der Waals surface area contributed by atoms with Gasteiger partial charge in [-0.25, -0.2) is 8.42 Å². The van der Waals surface area contributed by atoms with Crippen LogP contribution in [0.5, 0.6) is 11.5 Å². The number of sulfone groups is 1. The van der Waals surface area contributed by atoms with Gasteiger partial charge in [-0.15, -0.1) is 12.4 Å². The van der Waals surface area contributed by atoms with Gasteiger partial charge in [0.2, 0.25) is 9.84 Å². The second kappa shape index (κ2) is 12.9. The molecule has 0 fully saturated rings. The molecule has 0 bridgehead atoms. The molecule has 0 aliphatic heterocycles. The maximum atomic E-state index is 14.2. The van der Waals surface area contributed by atoms with Gasteiger partial charge in [0.15, 0.2) is 5.03 Å². The van der Waals surface area contributed by atoms with E-state index in [0.717, 1.165) is 30.2 Å². The first-order valence-corrected chi connectivity index (χ1v) is 14.7. The monoisotopic (exact) mass is 599 g/mol. The summed E-state index contributed by atoms with van der Waals surface area (Å²) in [5.41, 5.74) is 7.09. The number of methoxy groups -OCH3 is 1. The van der Waals surface area contributed by atoms with Crippen molar-refractivity contribution in [1.29, 1.82) is 0 Å². The van der Waals surface area contributed by atoms with Crippen LogP contribution in [0.1, 0.15) is 24.8 Å². The zero-order valence-corrected chi connectivity index (χ0v) is 24.4. The van der Waals surface area contributed by atoms with E-state index in [1.807, 2.05) is 48.5 Å². The third-order valence-electron chi connectivity index (χ3n) is 6.61. The van der Waals surface area contributed by atoms with E-state index in [-0.39, 0.29) is 22.3 Å². The van der Waals surface area contributed by atoms with E-state index in [1.54, 1.807) is 42.1 Å². The van der Waals surface area contributed by atoms with Crippen molar-refractivity contribution in [3.05, 3.63) is 89.4 Å². The number of nitrogens with two attached hydrogens (primary N) is 1. The minimum Gasteiger partial charge on any atom is -0.497 e. The highest BCUT2D eigenvalue weighted by molar-refractivity contribution is 7.91. The fourth-order valence-corrected chi connectivity index (χ4v) is 6.52. The number of aromatic nitrogens is 2. The van der Waals surface area contributed by atoms with E-state index in [1.165, 1.54) is 0 Å². The summed E-state index contributed by atoms with van der Waals surface area (Å²) in [4.78, 5) is 0.196. The van der Waals surface area contributed by atoms with Crippen LogP contribution in [0.3, 0.4) is 0 Å². The molecule has 1 heterocycles. The van der Waals surface area contributed by atoms with Gasteiger partial charge in [0.25, 0.3) is 0 Å². The molecule has 4 aromatic carbocycles. The molecule has 0 aliphatic rings. The number of nitrogens with zero attached hydrogens (tertiary/aromatic N) is 2. The maximum Gasteiger partial charge on any atom is 0.226 e. The lowest BCUT2D eigenvalue weighted by molar-refractivity contribution is 0.305. The van der Waals surface area contributed by atoms with E-state index in [0.29, 0.717) is 52.5 Å². The molecule has 0 saturated carbocycles. The molecule has 0 saturated heterocycles. The molecule has 7 nitrogen and oxygen atoms in total. The molecule has 0 amide bonds. The van der Waals surface area contributed by atoms with Crippen LogP contribution >= 0.6 is 24.0 Å². The van der Waals surface area contributed by atoms with Crippen LogP contribution in [0.2, 0.25) is 5.02 Å². The molecule has 40 heavy (non-hydrogen) atoms. The molecule has 1 aromatic heterocycles. The van der Waals surface area contributed by atoms with Gasteiger partial charge in [0.05, 0.1) is 25.2 Å². The Morgan fingerprint density at radius 3 is 2.48 bits per heavy atom. The van der Waals surface area contributed by atoms with Crippen molar-refractivity contribution >= 4 is 55.5 Å². The Labute approximate surface area is 245 Å². The smallest absolute Gasteiger partial charge is 0.226 e. The number of halogens is 2. The number of fused-ring (bicyclic) bond motifs is 2. The Hall–Kier alpha value is -3.30. The first-order chi connectivity index (χ1) is 18.9. The van der Waals surface area contributed by atoms with Crippen LogP contribution in [0.15, 0.2) is 88.8 Å². The van der Waals surface area contributed by atoms with Gasteiger partial charge in [-0.2, -0.15) is 5.10 Å².